The fraction of sp³-hybridized carbons (Fsp3) is 0.550. The number of carbonyl (C=O) groups is 2. The SMILES string of the molecule is O=C(Cc1noc2ccccc12)N1CCN(CC(=O)N2CCCCC2)CC1. The van der Waals surface area contributed by atoms with Gasteiger partial charge in [-0.25, -0.2) is 0 Å². The molecule has 0 aliphatic carbocycles. The smallest absolute Gasteiger partial charge is 0.236 e. The number of aromatic nitrogens is 1. The van der Waals surface area contributed by atoms with Gasteiger partial charge in [-0.3, -0.25) is 14.5 Å². The summed E-state index contributed by atoms with van der Waals surface area (Å²) in [6.45, 7) is 5.04. The number of piperazine rings is 1. The molecule has 144 valence electrons. The van der Waals surface area contributed by atoms with Crippen molar-refractivity contribution in [1.82, 2.24) is 19.9 Å². The lowest BCUT2D eigenvalue weighted by Gasteiger charge is -2.36. The summed E-state index contributed by atoms with van der Waals surface area (Å²) in [6.07, 6.45) is 3.71. The highest BCUT2D eigenvalue weighted by Gasteiger charge is 2.25. The molecule has 0 atom stereocenters. The van der Waals surface area contributed by atoms with Gasteiger partial charge in [0.15, 0.2) is 5.58 Å². The van der Waals surface area contributed by atoms with Crippen LogP contribution in [0.15, 0.2) is 28.8 Å². The third-order valence-corrected chi connectivity index (χ3v) is 5.56. The van der Waals surface area contributed by atoms with Crippen molar-refractivity contribution in [3.8, 4) is 0 Å². The van der Waals surface area contributed by atoms with Crippen molar-refractivity contribution < 1.29 is 14.1 Å². The van der Waals surface area contributed by atoms with E-state index in [2.05, 4.69) is 10.1 Å². The van der Waals surface area contributed by atoms with Crippen LogP contribution in [0.3, 0.4) is 0 Å². The predicted molar refractivity (Wildman–Crippen MR) is 101 cm³/mol. The largest absolute Gasteiger partial charge is 0.356 e. The molecule has 2 aliphatic heterocycles. The van der Waals surface area contributed by atoms with Crippen LogP contribution in [0.1, 0.15) is 25.0 Å². The highest BCUT2D eigenvalue weighted by molar-refractivity contribution is 5.86. The van der Waals surface area contributed by atoms with Gasteiger partial charge in [0, 0.05) is 44.7 Å². The average Bonchev–Trinajstić information content (AvgIpc) is 3.12. The molecule has 7 nitrogen and oxygen atoms in total. The molecule has 2 fully saturated rings. The Balaban J connectivity index is 1.27. The Bertz CT molecular complexity index is 804. The van der Waals surface area contributed by atoms with Gasteiger partial charge in [0.05, 0.1) is 13.0 Å². The first-order chi connectivity index (χ1) is 13.2. The number of para-hydroxylation sites is 1. The molecule has 1 aromatic carbocycles. The summed E-state index contributed by atoms with van der Waals surface area (Å²) < 4.78 is 5.28. The van der Waals surface area contributed by atoms with Gasteiger partial charge in [0.2, 0.25) is 11.8 Å². The van der Waals surface area contributed by atoms with E-state index in [-0.39, 0.29) is 18.2 Å². The molecule has 2 amide bonds. The molecule has 4 rings (SSSR count). The molecule has 0 radical (unpaired) electrons. The highest BCUT2D eigenvalue weighted by atomic mass is 16.5. The maximum Gasteiger partial charge on any atom is 0.236 e. The van der Waals surface area contributed by atoms with Gasteiger partial charge in [0.1, 0.15) is 5.69 Å². The standard InChI is InChI=1S/C20H26N4O3/c25-19(14-17-16-6-2-3-7-18(16)27-21-17)24-12-10-22(11-13-24)15-20(26)23-8-4-1-5-9-23/h2-3,6-7H,1,4-5,8-15H2. The minimum Gasteiger partial charge on any atom is -0.356 e. The first-order valence-corrected chi connectivity index (χ1v) is 9.82. The van der Waals surface area contributed by atoms with E-state index in [9.17, 15) is 9.59 Å². The van der Waals surface area contributed by atoms with Crippen LogP contribution >= 0.6 is 0 Å². The molecule has 27 heavy (non-hydrogen) atoms. The van der Waals surface area contributed by atoms with Crippen molar-refractivity contribution >= 4 is 22.8 Å². The van der Waals surface area contributed by atoms with Crippen LogP contribution in [-0.4, -0.2) is 77.5 Å². The first kappa shape index (κ1) is 18.0. The number of hydrogen-bond donors (Lipinski definition) is 0. The van der Waals surface area contributed by atoms with Crippen LogP contribution in [-0.2, 0) is 16.0 Å². The summed E-state index contributed by atoms with van der Waals surface area (Å²) in [5.41, 5.74) is 1.40. The van der Waals surface area contributed by atoms with E-state index < -0.39 is 0 Å². The van der Waals surface area contributed by atoms with Crippen molar-refractivity contribution in [3.05, 3.63) is 30.0 Å². The Morgan fingerprint density at radius 2 is 1.59 bits per heavy atom. The number of rotatable bonds is 4. The van der Waals surface area contributed by atoms with E-state index in [1.165, 1.54) is 6.42 Å². The second-order valence-corrected chi connectivity index (χ2v) is 7.40. The van der Waals surface area contributed by atoms with Crippen molar-refractivity contribution in [2.45, 2.75) is 25.7 Å². The average molecular weight is 370 g/mol. The number of hydrogen-bond acceptors (Lipinski definition) is 5. The topological polar surface area (TPSA) is 69.9 Å². The molecule has 0 bridgehead atoms. The lowest BCUT2D eigenvalue weighted by atomic mass is 10.1. The normalized spacial score (nSPS) is 18.8. The first-order valence-electron chi connectivity index (χ1n) is 9.82. The van der Waals surface area contributed by atoms with Crippen LogP contribution in [0.5, 0.6) is 0 Å². The molecule has 1 aromatic heterocycles. The molecule has 2 saturated heterocycles. The number of carbonyl (C=O) groups excluding carboxylic acids is 2. The van der Waals surface area contributed by atoms with Crippen molar-refractivity contribution in [1.29, 1.82) is 0 Å². The Morgan fingerprint density at radius 3 is 2.37 bits per heavy atom. The Hall–Kier alpha value is -2.41. The summed E-state index contributed by atoms with van der Waals surface area (Å²) in [7, 11) is 0. The highest BCUT2D eigenvalue weighted by Crippen LogP contribution is 2.19. The zero-order valence-electron chi connectivity index (χ0n) is 15.6. The van der Waals surface area contributed by atoms with E-state index >= 15 is 0 Å². The molecule has 3 heterocycles. The summed E-state index contributed by atoms with van der Waals surface area (Å²) in [6, 6.07) is 7.60. The van der Waals surface area contributed by atoms with Crippen LogP contribution in [0, 0.1) is 0 Å². The summed E-state index contributed by atoms with van der Waals surface area (Å²) >= 11 is 0. The molecule has 2 aliphatic rings. The molecule has 0 N–H and O–H groups in total. The fourth-order valence-corrected chi connectivity index (χ4v) is 3.91. The van der Waals surface area contributed by atoms with E-state index in [4.69, 9.17) is 4.52 Å². The van der Waals surface area contributed by atoms with Crippen LogP contribution in [0.4, 0.5) is 0 Å². The third kappa shape index (κ3) is 4.13. The van der Waals surface area contributed by atoms with Crippen molar-refractivity contribution in [2.75, 3.05) is 45.8 Å². The Kier molecular flexibility index (Phi) is 5.38. The zero-order valence-corrected chi connectivity index (χ0v) is 15.6. The summed E-state index contributed by atoms with van der Waals surface area (Å²) in [4.78, 5) is 31.0. The monoisotopic (exact) mass is 370 g/mol. The number of fused-ring (bicyclic) bond motifs is 1. The summed E-state index contributed by atoms with van der Waals surface area (Å²) in [5.74, 6) is 0.291. The second-order valence-electron chi connectivity index (χ2n) is 7.40. The van der Waals surface area contributed by atoms with Gasteiger partial charge >= 0.3 is 0 Å². The van der Waals surface area contributed by atoms with E-state index in [0.717, 1.165) is 44.4 Å². The van der Waals surface area contributed by atoms with Gasteiger partial charge in [-0.15, -0.1) is 0 Å². The molecule has 0 spiro atoms. The Labute approximate surface area is 158 Å². The minimum absolute atomic E-state index is 0.0658. The minimum atomic E-state index is 0.0658. The molecule has 0 saturated carbocycles. The van der Waals surface area contributed by atoms with E-state index in [0.29, 0.717) is 30.9 Å². The maximum atomic E-state index is 12.6. The van der Waals surface area contributed by atoms with Crippen molar-refractivity contribution in [2.24, 2.45) is 0 Å². The zero-order chi connectivity index (χ0) is 18.6. The number of benzene rings is 1. The van der Waals surface area contributed by atoms with E-state index in [1.54, 1.807) is 0 Å². The van der Waals surface area contributed by atoms with Gasteiger partial charge in [-0.1, -0.05) is 17.3 Å². The number of piperidine rings is 1. The van der Waals surface area contributed by atoms with Crippen molar-refractivity contribution in [3.63, 3.8) is 0 Å². The molecule has 7 heteroatoms. The van der Waals surface area contributed by atoms with Gasteiger partial charge in [0.25, 0.3) is 0 Å². The number of likely N-dealkylation sites (tertiary alicyclic amines) is 1. The molecule has 0 unspecified atom stereocenters. The van der Waals surface area contributed by atoms with Gasteiger partial charge in [-0.2, -0.15) is 0 Å². The fourth-order valence-electron chi connectivity index (χ4n) is 3.91. The molecular weight excluding hydrogens is 344 g/mol. The molecule has 2 aromatic rings. The number of nitrogens with zero attached hydrogens (tertiary/aromatic N) is 4. The summed E-state index contributed by atoms with van der Waals surface area (Å²) in [5, 5.41) is 4.95. The third-order valence-electron chi connectivity index (χ3n) is 5.56. The predicted octanol–water partition coefficient (Wildman–Crippen LogP) is 1.53. The van der Waals surface area contributed by atoms with Gasteiger partial charge in [-0.05, 0) is 31.4 Å². The molecular formula is C20H26N4O3. The van der Waals surface area contributed by atoms with Gasteiger partial charge < -0.3 is 14.3 Å². The Morgan fingerprint density at radius 1 is 0.889 bits per heavy atom. The lowest BCUT2D eigenvalue weighted by Crippen LogP contribution is -2.52. The van der Waals surface area contributed by atoms with Crippen LogP contribution < -0.4 is 0 Å². The second kappa shape index (κ2) is 8.08. The maximum absolute atomic E-state index is 12.6. The number of amides is 2. The quantitative estimate of drug-likeness (QED) is 0.816. The lowest BCUT2D eigenvalue weighted by molar-refractivity contribution is -0.135. The van der Waals surface area contributed by atoms with E-state index in [1.807, 2.05) is 34.1 Å². The van der Waals surface area contributed by atoms with Crippen LogP contribution in [0.25, 0.3) is 11.0 Å². The van der Waals surface area contributed by atoms with Crippen LogP contribution in [0.2, 0.25) is 0 Å².